The molecular formula is C19H17Cl2FN4O3. The van der Waals surface area contributed by atoms with Gasteiger partial charge in [0.05, 0.1) is 46.8 Å². The molecule has 1 N–H and O–H groups in total. The van der Waals surface area contributed by atoms with Gasteiger partial charge in [0.15, 0.2) is 0 Å². The molecule has 0 radical (unpaired) electrons. The van der Waals surface area contributed by atoms with Crippen LogP contribution in [0.4, 0.5) is 10.2 Å². The summed E-state index contributed by atoms with van der Waals surface area (Å²) in [4.78, 5) is 21.2. The number of aromatic nitrogens is 3. The van der Waals surface area contributed by atoms with Crippen molar-refractivity contribution in [1.82, 2.24) is 14.5 Å². The van der Waals surface area contributed by atoms with Crippen LogP contribution in [0.1, 0.15) is 6.42 Å². The van der Waals surface area contributed by atoms with Crippen molar-refractivity contribution >= 4 is 45.9 Å². The molecule has 2 aromatic heterocycles. The van der Waals surface area contributed by atoms with Crippen LogP contribution in [0, 0.1) is 0 Å². The van der Waals surface area contributed by atoms with Gasteiger partial charge in [-0.15, -0.1) is 0 Å². The van der Waals surface area contributed by atoms with Crippen LogP contribution in [0.15, 0.2) is 36.9 Å². The summed E-state index contributed by atoms with van der Waals surface area (Å²) in [5.74, 6) is -0.562. The number of anilines is 1. The summed E-state index contributed by atoms with van der Waals surface area (Å²) < 4.78 is 21.3. The SMILES string of the molecule is O=C(O)COC[C@@H]1C[C@H](F)CN1c1cc(-n2ccnc2)c2ccc(Cl)c(Cl)c2n1. The van der Waals surface area contributed by atoms with Gasteiger partial charge in [-0.3, -0.25) is 0 Å². The summed E-state index contributed by atoms with van der Waals surface area (Å²) in [6, 6.07) is 5.01. The zero-order chi connectivity index (χ0) is 20.5. The smallest absolute Gasteiger partial charge is 0.329 e. The quantitative estimate of drug-likeness (QED) is 0.631. The topological polar surface area (TPSA) is 80.5 Å². The largest absolute Gasteiger partial charge is 0.480 e. The number of nitrogens with zero attached hydrogens (tertiary/aromatic N) is 4. The first-order valence-corrected chi connectivity index (χ1v) is 9.67. The van der Waals surface area contributed by atoms with Crippen LogP contribution in [0.25, 0.3) is 16.6 Å². The molecule has 10 heteroatoms. The second kappa shape index (κ2) is 8.14. The van der Waals surface area contributed by atoms with Crippen molar-refractivity contribution in [3.05, 3.63) is 47.0 Å². The van der Waals surface area contributed by atoms with Crippen LogP contribution in [0.2, 0.25) is 10.0 Å². The van der Waals surface area contributed by atoms with Crippen LogP contribution in [-0.2, 0) is 9.53 Å². The number of aliphatic carboxylic acids is 1. The first-order valence-electron chi connectivity index (χ1n) is 8.91. The summed E-state index contributed by atoms with van der Waals surface area (Å²) in [7, 11) is 0. The highest BCUT2D eigenvalue weighted by Gasteiger charge is 2.34. The molecule has 0 aliphatic carbocycles. The van der Waals surface area contributed by atoms with Crippen molar-refractivity contribution in [2.45, 2.75) is 18.6 Å². The summed E-state index contributed by atoms with van der Waals surface area (Å²) >= 11 is 12.6. The number of fused-ring (bicyclic) bond motifs is 1. The predicted octanol–water partition coefficient (Wildman–Crippen LogP) is 3.75. The van der Waals surface area contributed by atoms with Crippen LogP contribution in [0.3, 0.4) is 0 Å². The molecule has 0 spiro atoms. The van der Waals surface area contributed by atoms with E-state index in [9.17, 15) is 9.18 Å². The van der Waals surface area contributed by atoms with Crippen LogP contribution >= 0.6 is 23.2 Å². The molecule has 1 aliphatic rings. The van der Waals surface area contributed by atoms with Crippen molar-refractivity contribution in [2.24, 2.45) is 0 Å². The number of rotatable bonds is 6. The number of imidazole rings is 1. The van der Waals surface area contributed by atoms with Gasteiger partial charge in [0.1, 0.15) is 18.6 Å². The first-order chi connectivity index (χ1) is 13.9. The Morgan fingerprint density at radius 2 is 2.21 bits per heavy atom. The lowest BCUT2D eigenvalue weighted by Crippen LogP contribution is -2.34. The van der Waals surface area contributed by atoms with Gasteiger partial charge >= 0.3 is 5.97 Å². The van der Waals surface area contributed by atoms with Gasteiger partial charge in [-0.2, -0.15) is 0 Å². The van der Waals surface area contributed by atoms with E-state index in [4.69, 9.17) is 33.0 Å². The molecule has 2 atom stereocenters. The highest BCUT2D eigenvalue weighted by molar-refractivity contribution is 6.45. The van der Waals surface area contributed by atoms with Crippen LogP contribution in [-0.4, -0.2) is 57.6 Å². The number of carboxylic acids is 1. The number of carboxylic acid groups (broad SMARTS) is 1. The Balaban J connectivity index is 1.78. The van der Waals surface area contributed by atoms with Gasteiger partial charge in [0.2, 0.25) is 0 Å². The van der Waals surface area contributed by atoms with E-state index in [-0.39, 0.29) is 25.6 Å². The highest BCUT2D eigenvalue weighted by Crippen LogP contribution is 2.36. The van der Waals surface area contributed by atoms with Crippen molar-refractivity contribution in [3.8, 4) is 5.69 Å². The maximum absolute atomic E-state index is 14.2. The fraction of sp³-hybridized carbons (Fsp3) is 0.316. The summed E-state index contributed by atoms with van der Waals surface area (Å²) in [5.41, 5.74) is 1.27. The van der Waals surface area contributed by atoms with Crippen LogP contribution < -0.4 is 4.90 Å². The molecule has 1 aromatic carbocycles. The molecule has 0 saturated carbocycles. The first kappa shape index (κ1) is 19.9. The molecule has 1 saturated heterocycles. The number of ether oxygens (including phenoxy) is 1. The number of benzene rings is 1. The monoisotopic (exact) mass is 438 g/mol. The fourth-order valence-corrected chi connectivity index (χ4v) is 3.91. The zero-order valence-corrected chi connectivity index (χ0v) is 16.6. The normalized spacial score (nSPS) is 19.2. The number of hydrogen-bond donors (Lipinski definition) is 1. The predicted molar refractivity (Wildman–Crippen MR) is 108 cm³/mol. The third-order valence-electron chi connectivity index (χ3n) is 4.81. The summed E-state index contributed by atoms with van der Waals surface area (Å²) in [5, 5.41) is 10.2. The molecule has 0 unspecified atom stereocenters. The maximum atomic E-state index is 14.2. The molecule has 29 heavy (non-hydrogen) atoms. The lowest BCUT2D eigenvalue weighted by atomic mass is 10.1. The Bertz CT molecular complexity index is 1050. The molecule has 0 amide bonds. The van der Waals surface area contributed by atoms with E-state index in [1.807, 2.05) is 16.7 Å². The number of alkyl halides is 1. The van der Waals surface area contributed by atoms with E-state index >= 15 is 0 Å². The van der Waals surface area contributed by atoms with E-state index in [2.05, 4.69) is 9.97 Å². The zero-order valence-electron chi connectivity index (χ0n) is 15.1. The van der Waals surface area contributed by atoms with Crippen molar-refractivity contribution < 1.29 is 19.0 Å². The summed E-state index contributed by atoms with van der Waals surface area (Å²) in [6.07, 6.45) is 4.24. The Labute approximate surface area is 175 Å². The van der Waals surface area contributed by atoms with Crippen molar-refractivity contribution in [3.63, 3.8) is 0 Å². The molecule has 0 bridgehead atoms. The standard InChI is InChI=1S/C19H17Cl2FN4O3/c20-14-2-1-13-15(25-4-3-23-10-25)6-16(24-19(13)18(14)21)26-7-11(22)5-12(26)8-29-9-17(27)28/h1-4,6,10-12H,5,7-9H2,(H,27,28)/t11-,12-/m0/s1. The van der Waals surface area contributed by atoms with E-state index in [1.54, 1.807) is 29.7 Å². The van der Waals surface area contributed by atoms with Gasteiger partial charge < -0.3 is 19.3 Å². The van der Waals surface area contributed by atoms with E-state index < -0.39 is 18.7 Å². The Morgan fingerprint density at radius 1 is 1.38 bits per heavy atom. The minimum Gasteiger partial charge on any atom is -0.480 e. The number of halogens is 3. The van der Waals surface area contributed by atoms with Crippen molar-refractivity contribution in [2.75, 3.05) is 24.7 Å². The lowest BCUT2D eigenvalue weighted by molar-refractivity contribution is -0.142. The minimum absolute atomic E-state index is 0.0795. The maximum Gasteiger partial charge on any atom is 0.329 e. The van der Waals surface area contributed by atoms with Gasteiger partial charge in [0.25, 0.3) is 0 Å². The Hall–Kier alpha value is -2.42. The molecule has 3 heterocycles. The van der Waals surface area contributed by atoms with Gasteiger partial charge in [-0.1, -0.05) is 23.2 Å². The molecular weight excluding hydrogens is 422 g/mol. The number of pyridine rings is 1. The average molecular weight is 439 g/mol. The molecule has 7 nitrogen and oxygen atoms in total. The molecule has 4 rings (SSSR count). The number of carbonyl (C=O) groups is 1. The van der Waals surface area contributed by atoms with E-state index in [0.29, 0.717) is 21.4 Å². The molecule has 3 aromatic rings. The highest BCUT2D eigenvalue weighted by atomic mass is 35.5. The van der Waals surface area contributed by atoms with Gasteiger partial charge in [0, 0.05) is 30.3 Å². The fourth-order valence-electron chi connectivity index (χ4n) is 3.55. The van der Waals surface area contributed by atoms with E-state index in [1.165, 1.54) is 0 Å². The molecule has 1 fully saturated rings. The summed E-state index contributed by atoms with van der Waals surface area (Å²) in [6.45, 7) is -0.231. The Kier molecular flexibility index (Phi) is 5.58. The Morgan fingerprint density at radius 3 is 2.93 bits per heavy atom. The average Bonchev–Trinajstić information content (AvgIpc) is 3.34. The van der Waals surface area contributed by atoms with Crippen LogP contribution in [0.5, 0.6) is 0 Å². The van der Waals surface area contributed by atoms with Gasteiger partial charge in [-0.05, 0) is 12.1 Å². The second-order valence-electron chi connectivity index (χ2n) is 6.78. The minimum atomic E-state index is -1.07. The van der Waals surface area contributed by atoms with Gasteiger partial charge in [-0.25, -0.2) is 19.2 Å². The number of hydrogen-bond acceptors (Lipinski definition) is 5. The van der Waals surface area contributed by atoms with Crippen molar-refractivity contribution in [1.29, 1.82) is 0 Å². The lowest BCUT2D eigenvalue weighted by Gasteiger charge is -2.26. The third kappa shape index (κ3) is 4.01. The van der Waals surface area contributed by atoms with E-state index in [0.717, 1.165) is 11.1 Å². The second-order valence-corrected chi connectivity index (χ2v) is 7.56. The third-order valence-corrected chi connectivity index (χ3v) is 5.61. The molecule has 1 aliphatic heterocycles. The molecule has 152 valence electrons.